The Bertz CT molecular complexity index is 1480. The van der Waals surface area contributed by atoms with E-state index in [4.69, 9.17) is 49.0 Å². The lowest BCUT2D eigenvalue weighted by Gasteiger charge is -2.26. The van der Waals surface area contributed by atoms with E-state index < -0.39 is 17.8 Å². The molecule has 1 fully saturated rings. The molecule has 11 heteroatoms. The van der Waals surface area contributed by atoms with E-state index in [0.29, 0.717) is 22.1 Å². The van der Waals surface area contributed by atoms with Gasteiger partial charge in [0.25, 0.3) is 11.8 Å². The van der Waals surface area contributed by atoms with E-state index in [-0.39, 0.29) is 40.5 Å². The van der Waals surface area contributed by atoms with Crippen LogP contribution in [0.15, 0.2) is 54.1 Å². The third-order valence-corrected chi connectivity index (χ3v) is 6.64. The summed E-state index contributed by atoms with van der Waals surface area (Å²) in [5.74, 6) is -0.155. The van der Waals surface area contributed by atoms with Crippen LogP contribution in [0.25, 0.3) is 6.08 Å². The molecule has 0 radical (unpaired) electrons. The fourth-order valence-electron chi connectivity index (χ4n) is 3.77. The second-order valence-electron chi connectivity index (χ2n) is 8.18. The van der Waals surface area contributed by atoms with Gasteiger partial charge in [-0.15, -0.1) is 0 Å². The number of rotatable bonds is 5. The Hall–Kier alpha value is -3.72. The molecule has 37 heavy (non-hydrogen) atoms. The van der Waals surface area contributed by atoms with Crippen LogP contribution in [0.3, 0.4) is 0 Å². The van der Waals surface area contributed by atoms with E-state index in [1.807, 2.05) is 6.07 Å². The summed E-state index contributed by atoms with van der Waals surface area (Å²) < 4.78 is 16.5. The molecular formula is C26H17Cl3N2O6. The van der Waals surface area contributed by atoms with Crippen LogP contribution in [-0.2, 0) is 16.2 Å². The van der Waals surface area contributed by atoms with Crippen LogP contribution in [0.2, 0.25) is 15.1 Å². The lowest BCUT2D eigenvalue weighted by Crippen LogP contribution is -2.54. The summed E-state index contributed by atoms with van der Waals surface area (Å²) >= 11 is 19.0. The molecule has 5 rings (SSSR count). The van der Waals surface area contributed by atoms with Crippen molar-refractivity contribution in [2.75, 3.05) is 11.7 Å². The molecule has 0 aliphatic carbocycles. The molecule has 4 amide bonds. The van der Waals surface area contributed by atoms with Crippen LogP contribution < -0.4 is 24.4 Å². The molecule has 0 saturated carbocycles. The first-order valence-corrected chi connectivity index (χ1v) is 12.0. The predicted molar refractivity (Wildman–Crippen MR) is 139 cm³/mol. The minimum absolute atomic E-state index is 0.160. The van der Waals surface area contributed by atoms with Crippen molar-refractivity contribution in [1.82, 2.24) is 5.32 Å². The number of barbiturate groups is 1. The highest BCUT2D eigenvalue weighted by Gasteiger charge is 2.37. The standard InChI is InChI=1S/C26H17Cl3N2O6/c1-13-2-4-16(10-18(13)27)31-25(33)17(24(32)30-26(31)34)6-15-7-19(28)23(20(29)8-15)35-11-14-3-5-21-22(9-14)37-12-36-21/h2-10H,11-12H2,1H3,(H,30,32,34)/b17-6-. The molecule has 8 nitrogen and oxygen atoms in total. The van der Waals surface area contributed by atoms with Gasteiger partial charge >= 0.3 is 6.03 Å². The molecule has 0 spiro atoms. The number of nitrogens with zero attached hydrogens (tertiary/aromatic N) is 1. The highest BCUT2D eigenvalue weighted by atomic mass is 35.5. The first kappa shape index (κ1) is 25.0. The molecule has 2 heterocycles. The SMILES string of the molecule is Cc1ccc(N2C(=O)NC(=O)/C(=C/c3cc(Cl)c(OCc4ccc5c(c4)OCO5)c(Cl)c3)C2=O)cc1Cl. The van der Waals surface area contributed by atoms with Gasteiger partial charge in [-0.3, -0.25) is 14.9 Å². The summed E-state index contributed by atoms with van der Waals surface area (Å²) in [7, 11) is 0. The van der Waals surface area contributed by atoms with E-state index in [0.717, 1.165) is 16.0 Å². The fraction of sp³-hybridized carbons (Fsp3) is 0.115. The Labute approximate surface area is 226 Å². The number of ether oxygens (including phenoxy) is 3. The van der Waals surface area contributed by atoms with Crippen molar-refractivity contribution in [3.8, 4) is 17.2 Å². The molecule has 188 valence electrons. The number of benzene rings is 3. The molecule has 2 aliphatic rings. The van der Waals surface area contributed by atoms with Crippen molar-refractivity contribution < 1.29 is 28.6 Å². The minimum Gasteiger partial charge on any atom is -0.486 e. The number of urea groups is 1. The molecule has 3 aromatic rings. The second-order valence-corrected chi connectivity index (χ2v) is 9.40. The lowest BCUT2D eigenvalue weighted by atomic mass is 10.1. The maximum atomic E-state index is 13.1. The number of nitrogens with one attached hydrogen (secondary N) is 1. The molecule has 3 aromatic carbocycles. The van der Waals surface area contributed by atoms with Gasteiger partial charge in [-0.2, -0.15) is 0 Å². The van der Waals surface area contributed by atoms with Crippen LogP contribution in [0.4, 0.5) is 10.5 Å². The number of hydrogen-bond donors (Lipinski definition) is 1. The number of carbonyl (C=O) groups is 3. The van der Waals surface area contributed by atoms with Crippen molar-refractivity contribution in [2.45, 2.75) is 13.5 Å². The van der Waals surface area contributed by atoms with Crippen molar-refractivity contribution in [2.24, 2.45) is 0 Å². The minimum atomic E-state index is -0.879. The Kier molecular flexibility index (Phi) is 6.72. The van der Waals surface area contributed by atoms with E-state index in [9.17, 15) is 14.4 Å². The Morgan fingerprint density at radius 2 is 1.68 bits per heavy atom. The summed E-state index contributed by atoms with van der Waals surface area (Å²) in [6.07, 6.45) is 1.30. The quantitative estimate of drug-likeness (QED) is 0.308. The zero-order chi connectivity index (χ0) is 26.3. The summed E-state index contributed by atoms with van der Waals surface area (Å²) in [6, 6.07) is 12.2. The zero-order valence-electron chi connectivity index (χ0n) is 19.1. The van der Waals surface area contributed by atoms with Gasteiger partial charge in [0, 0.05) is 5.02 Å². The number of carbonyl (C=O) groups excluding carboxylic acids is 3. The van der Waals surface area contributed by atoms with Crippen LogP contribution >= 0.6 is 34.8 Å². The van der Waals surface area contributed by atoms with E-state index >= 15 is 0 Å². The third kappa shape index (κ3) is 4.96. The summed E-state index contributed by atoms with van der Waals surface area (Å²) in [5.41, 5.74) is 1.89. The number of imide groups is 2. The Balaban J connectivity index is 1.39. The zero-order valence-corrected chi connectivity index (χ0v) is 21.4. The number of halogens is 3. The topological polar surface area (TPSA) is 94.2 Å². The summed E-state index contributed by atoms with van der Waals surface area (Å²) in [6.45, 7) is 2.11. The van der Waals surface area contributed by atoms with Crippen LogP contribution in [0.1, 0.15) is 16.7 Å². The van der Waals surface area contributed by atoms with E-state index in [1.165, 1.54) is 24.3 Å². The number of fused-ring (bicyclic) bond motifs is 1. The maximum absolute atomic E-state index is 13.1. The van der Waals surface area contributed by atoms with E-state index in [2.05, 4.69) is 5.32 Å². The Morgan fingerprint density at radius 1 is 0.946 bits per heavy atom. The molecule has 0 aromatic heterocycles. The molecule has 0 bridgehead atoms. The summed E-state index contributed by atoms with van der Waals surface area (Å²) in [5, 5.41) is 2.87. The van der Waals surface area contributed by atoms with Gasteiger partial charge in [-0.25, -0.2) is 9.69 Å². The average Bonchev–Trinajstić information content (AvgIpc) is 3.31. The normalized spacial score (nSPS) is 15.8. The smallest absolute Gasteiger partial charge is 0.335 e. The van der Waals surface area contributed by atoms with Gasteiger partial charge in [-0.1, -0.05) is 46.9 Å². The molecular weight excluding hydrogens is 543 g/mol. The van der Waals surface area contributed by atoms with Gasteiger partial charge in [0.05, 0.1) is 15.7 Å². The first-order chi connectivity index (χ1) is 17.7. The number of anilines is 1. The van der Waals surface area contributed by atoms with Crippen LogP contribution in [0.5, 0.6) is 17.2 Å². The number of aryl methyl sites for hydroxylation is 1. The molecule has 0 unspecified atom stereocenters. The van der Waals surface area contributed by atoms with Gasteiger partial charge in [0.15, 0.2) is 17.2 Å². The van der Waals surface area contributed by atoms with Crippen molar-refractivity contribution in [1.29, 1.82) is 0 Å². The number of hydrogen-bond acceptors (Lipinski definition) is 6. The van der Waals surface area contributed by atoms with Crippen molar-refractivity contribution in [3.63, 3.8) is 0 Å². The van der Waals surface area contributed by atoms with Crippen molar-refractivity contribution in [3.05, 3.63) is 85.9 Å². The molecule has 1 saturated heterocycles. The molecule has 0 atom stereocenters. The monoisotopic (exact) mass is 558 g/mol. The Morgan fingerprint density at radius 3 is 2.41 bits per heavy atom. The van der Waals surface area contributed by atoms with Crippen molar-refractivity contribution >= 4 is 64.4 Å². The lowest BCUT2D eigenvalue weighted by molar-refractivity contribution is -0.122. The highest BCUT2D eigenvalue weighted by molar-refractivity contribution is 6.40. The van der Waals surface area contributed by atoms with Crippen LogP contribution in [0, 0.1) is 6.92 Å². The maximum Gasteiger partial charge on any atom is 0.335 e. The average molecular weight is 560 g/mol. The summed E-state index contributed by atoms with van der Waals surface area (Å²) in [4.78, 5) is 38.9. The van der Waals surface area contributed by atoms with Gasteiger partial charge < -0.3 is 14.2 Å². The van der Waals surface area contributed by atoms with E-state index in [1.54, 1.807) is 31.2 Å². The van der Waals surface area contributed by atoms with Gasteiger partial charge in [0.2, 0.25) is 6.79 Å². The van der Waals surface area contributed by atoms with Gasteiger partial charge in [0.1, 0.15) is 12.2 Å². The molecule has 2 aliphatic heterocycles. The largest absolute Gasteiger partial charge is 0.486 e. The third-order valence-electron chi connectivity index (χ3n) is 5.67. The predicted octanol–water partition coefficient (Wildman–Crippen LogP) is 5.93. The second kappa shape index (κ2) is 9.97. The highest BCUT2D eigenvalue weighted by Crippen LogP contribution is 2.37. The number of amides is 4. The van der Waals surface area contributed by atoms with Gasteiger partial charge in [-0.05, 0) is 66.1 Å². The fourth-order valence-corrected chi connectivity index (χ4v) is 4.55. The van der Waals surface area contributed by atoms with Crippen LogP contribution in [-0.4, -0.2) is 24.6 Å². The molecule has 1 N–H and O–H groups in total. The first-order valence-electron chi connectivity index (χ1n) is 10.9.